The van der Waals surface area contributed by atoms with E-state index in [0.717, 1.165) is 60.6 Å². The molecule has 0 spiro atoms. The summed E-state index contributed by atoms with van der Waals surface area (Å²) in [5.74, 6) is 1.64. The van der Waals surface area contributed by atoms with Crippen LogP contribution in [0.2, 0.25) is 0 Å². The van der Waals surface area contributed by atoms with Crippen LogP contribution in [0.15, 0.2) is 34.6 Å². The molecular weight excluding hydrogens is 487 g/mol. The monoisotopic (exact) mass is 518 g/mol. The molecule has 2 rings (SSSR count). The van der Waals surface area contributed by atoms with E-state index in [1.807, 2.05) is 31.2 Å². The second kappa shape index (κ2) is 14.6. The van der Waals surface area contributed by atoms with Gasteiger partial charge in [0.1, 0.15) is 5.75 Å². The normalized spacial score (nSPS) is 11.0. The van der Waals surface area contributed by atoms with Crippen molar-refractivity contribution in [2.45, 2.75) is 39.8 Å². The van der Waals surface area contributed by atoms with Crippen LogP contribution in [0.25, 0.3) is 0 Å². The smallest absolute Gasteiger partial charge is 0.191 e. The first kappa shape index (κ1) is 24.6. The number of guanidine groups is 1. The van der Waals surface area contributed by atoms with Gasteiger partial charge in [0.05, 0.1) is 30.9 Å². The first-order valence-electron chi connectivity index (χ1n) is 9.41. The Hall–Kier alpha value is -1.39. The van der Waals surface area contributed by atoms with E-state index >= 15 is 0 Å². The number of thiazole rings is 1. The maximum Gasteiger partial charge on any atom is 0.191 e. The van der Waals surface area contributed by atoms with E-state index in [1.165, 1.54) is 0 Å². The van der Waals surface area contributed by atoms with Crippen LogP contribution in [0.3, 0.4) is 0 Å². The molecule has 156 valence electrons. The molecule has 1 aromatic carbocycles. The molecule has 0 atom stereocenters. The number of ether oxygens (including phenoxy) is 2. The molecule has 0 aliphatic heterocycles. The summed E-state index contributed by atoms with van der Waals surface area (Å²) in [6.07, 6.45) is 1.91. The summed E-state index contributed by atoms with van der Waals surface area (Å²) in [5, 5.41) is 10.0. The van der Waals surface area contributed by atoms with E-state index in [4.69, 9.17) is 14.5 Å². The molecule has 0 saturated heterocycles. The standard InChI is InChI=1S/C20H30N4O2S.HI/c1-4-19-24-17(15-27-19)14-23-20(21-11-6-12-26-5-2)22-13-16-7-9-18(25-3)10-8-16;/h7-10,15H,4-6,11-14H2,1-3H3,(H2,21,22,23);1H. The molecule has 1 heterocycles. The number of methoxy groups -OCH3 is 1. The number of halogens is 1. The van der Waals surface area contributed by atoms with E-state index in [-0.39, 0.29) is 24.0 Å². The molecule has 0 amide bonds. The van der Waals surface area contributed by atoms with E-state index in [2.05, 4.69) is 27.9 Å². The fourth-order valence-electron chi connectivity index (χ4n) is 2.37. The van der Waals surface area contributed by atoms with Crippen LogP contribution in [-0.4, -0.2) is 37.8 Å². The van der Waals surface area contributed by atoms with Gasteiger partial charge in [-0.3, -0.25) is 0 Å². The number of aromatic nitrogens is 1. The number of rotatable bonds is 11. The van der Waals surface area contributed by atoms with Gasteiger partial charge in [-0.1, -0.05) is 19.1 Å². The first-order chi connectivity index (χ1) is 13.2. The first-order valence-corrected chi connectivity index (χ1v) is 10.3. The Morgan fingerprint density at radius 2 is 1.96 bits per heavy atom. The number of nitrogens with one attached hydrogen (secondary N) is 2. The maximum absolute atomic E-state index is 5.39. The summed E-state index contributed by atoms with van der Waals surface area (Å²) < 4.78 is 10.6. The van der Waals surface area contributed by atoms with Crippen LogP contribution in [0.4, 0.5) is 0 Å². The maximum atomic E-state index is 5.39. The second-order valence-corrected chi connectivity index (χ2v) is 6.87. The molecule has 0 fully saturated rings. The average molecular weight is 518 g/mol. The SMILES string of the molecule is CCOCCCNC(=NCc1ccc(OC)cc1)NCc1csc(CC)n1.I. The summed E-state index contributed by atoms with van der Waals surface area (Å²) in [6.45, 7) is 7.71. The van der Waals surface area contributed by atoms with Crippen LogP contribution >= 0.6 is 35.3 Å². The number of benzene rings is 1. The van der Waals surface area contributed by atoms with Gasteiger partial charge in [0.25, 0.3) is 0 Å². The van der Waals surface area contributed by atoms with E-state index in [1.54, 1.807) is 18.4 Å². The van der Waals surface area contributed by atoms with Crippen molar-refractivity contribution in [3.8, 4) is 5.75 Å². The van der Waals surface area contributed by atoms with Gasteiger partial charge in [-0.15, -0.1) is 35.3 Å². The van der Waals surface area contributed by atoms with E-state index < -0.39 is 0 Å². The summed E-state index contributed by atoms with van der Waals surface area (Å²) in [5.41, 5.74) is 2.18. The highest BCUT2D eigenvalue weighted by atomic mass is 127. The van der Waals surface area contributed by atoms with Crippen molar-refractivity contribution < 1.29 is 9.47 Å². The van der Waals surface area contributed by atoms with E-state index in [0.29, 0.717) is 13.1 Å². The summed E-state index contributed by atoms with van der Waals surface area (Å²) >= 11 is 1.70. The van der Waals surface area contributed by atoms with Crippen molar-refractivity contribution in [1.29, 1.82) is 0 Å². The zero-order chi connectivity index (χ0) is 19.3. The van der Waals surface area contributed by atoms with Crippen molar-refractivity contribution in [3.05, 3.63) is 45.9 Å². The minimum absolute atomic E-state index is 0. The van der Waals surface area contributed by atoms with Gasteiger partial charge >= 0.3 is 0 Å². The number of hydrogen-bond donors (Lipinski definition) is 2. The van der Waals surface area contributed by atoms with Crippen molar-refractivity contribution in [2.24, 2.45) is 4.99 Å². The average Bonchev–Trinajstić information content (AvgIpc) is 3.17. The summed E-state index contributed by atoms with van der Waals surface area (Å²) in [7, 11) is 1.67. The lowest BCUT2D eigenvalue weighted by atomic mass is 10.2. The van der Waals surface area contributed by atoms with E-state index in [9.17, 15) is 0 Å². The highest BCUT2D eigenvalue weighted by Gasteiger charge is 2.03. The Morgan fingerprint density at radius 1 is 1.18 bits per heavy atom. The predicted molar refractivity (Wildman–Crippen MR) is 127 cm³/mol. The highest BCUT2D eigenvalue weighted by Crippen LogP contribution is 2.12. The van der Waals surface area contributed by atoms with Crippen molar-refractivity contribution in [2.75, 3.05) is 26.9 Å². The minimum Gasteiger partial charge on any atom is -0.497 e. The summed E-state index contributed by atoms with van der Waals surface area (Å²) in [6, 6.07) is 7.97. The molecule has 6 nitrogen and oxygen atoms in total. The molecule has 2 N–H and O–H groups in total. The Balaban J connectivity index is 0.00000392. The number of hydrogen-bond acceptors (Lipinski definition) is 5. The van der Waals surface area contributed by atoms with Gasteiger partial charge in [0, 0.05) is 25.1 Å². The third-order valence-electron chi connectivity index (χ3n) is 3.88. The molecular formula is C20H31IN4O2S. The van der Waals surface area contributed by atoms with Gasteiger partial charge in [0.2, 0.25) is 0 Å². The van der Waals surface area contributed by atoms with Gasteiger partial charge in [-0.25, -0.2) is 9.98 Å². The lowest BCUT2D eigenvalue weighted by molar-refractivity contribution is 0.145. The third-order valence-corrected chi connectivity index (χ3v) is 4.92. The number of aryl methyl sites for hydroxylation is 1. The van der Waals surface area contributed by atoms with Gasteiger partial charge in [0.15, 0.2) is 5.96 Å². The molecule has 0 saturated carbocycles. The molecule has 0 radical (unpaired) electrons. The Labute approximate surface area is 189 Å². The largest absolute Gasteiger partial charge is 0.497 e. The Bertz CT molecular complexity index is 692. The number of nitrogens with zero attached hydrogens (tertiary/aromatic N) is 2. The minimum atomic E-state index is 0. The lowest BCUT2D eigenvalue weighted by Gasteiger charge is -2.12. The molecule has 1 aromatic heterocycles. The molecule has 0 aliphatic carbocycles. The second-order valence-electron chi connectivity index (χ2n) is 5.93. The Morgan fingerprint density at radius 3 is 2.61 bits per heavy atom. The topological polar surface area (TPSA) is 67.8 Å². The van der Waals surface area contributed by atoms with Gasteiger partial charge in [-0.05, 0) is 37.5 Å². The molecule has 0 aliphatic rings. The van der Waals surface area contributed by atoms with Crippen LogP contribution in [0, 0.1) is 0 Å². The van der Waals surface area contributed by atoms with Gasteiger partial charge in [-0.2, -0.15) is 0 Å². The summed E-state index contributed by atoms with van der Waals surface area (Å²) in [4.78, 5) is 9.30. The molecule has 0 unspecified atom stereocenters. The highest BCUT2D eigenvalue weighted by molar-refractivity contribution is 14.0. The van der Waals surface area contributed by atoms with Crippen molar-refractivity contribution in [1.82, 2.24) is 15.6 Å². The van der Waals surface area contributed by atoms with Crippen molar-refractivity contribution in [3.63, 3.8) is 0 Å². The van der Waals surface area contributed by atoms with Crippen LogP contribution in [0.5, 0.6) is 5.75 Å². The van der Waals surface area contributed by atoms with Crippen LogP contribution in [-0.2, 0) is 24.2 Å². The fourth-order valence-corrected chi connectivity index (χ4v) is 3.11. The molecule has 2 aromatic rings. The van der Waals surface area contributed by atoms with Crippen LogP contribution < -0.4 is 15.4 Å². The molecule has 28 heavy (non-hydrogen) atoms. The zero-order valence-electron chi connectivity index (χ0n) is 16.9. The Kier molecular flexibility index (Phi) is 12.8. The van der Waals surface area contributed by atoms with Crippen LogP contribution in [0.1, 0.15) is 36.5 Å². The molecule has 8 heteroatoms. The lowest BCUT2D eigenvalue weighted by Crippen LogP contribution is -2.38. The quantitative estimate of drug-likeness (QED) is 0.204. The predicted octanol–water partition coefficient (Wildman–Crippen LogP) is 3.99. The zero-order valence-corrected chi connectivity index (χ0v) is 20.0. The fraction of sp³-hybridized carbons (Fsp3) is 0.500. The number of aliphatic imine (C=N–C) groups is 1. The van der Waals surface area contributed by atoms with Crippen molar-refractivity contribution >= 4 is 41.3 Å². The molecule has 0 bridgehead atoms. The van der Waals surface area contributed by atoms with Gasteiger partial charge < -0.3 is 20.1 Å². The third kappa shape index (κ3) is 9.20.